The Balaban J connectivity index is 1.38. The van der Waals surface area contributed by atoms with Gasteiger partial charge in [-0.25, -0.2) is 9.78 Å². The Morgan fingerprint density at radius 2 is 1.73 bits per heavy atom. The largest absolute Gasteiger partial charge is 0.418 e. The molecular formula is C23H26F3N7O4. The lowest BCUT2D eigenvalue weighted by atomic mass is 10.1. The summed E-state index contributed by atoms with van der Waals surface area (Å²) in [5.41, 5.74) is -1.97. The van der Waals surface area contributed by atoms with Crippen LogP contribution in [0.2, 0.25) is 0 Å². The first kappa shape index (κ1) is 26.1. The summed E-state index contributed by atoms with van der Waals surface area (Å²) in [7, 11) is 2.84. The third-order valence-electron chi connectivity index (χ3n) is 6.34. The molecule has 3 aromatic rings. The topological polar surface area (TPSA) is 114 Å². The highest BCUT2D eigenvalue weighted by atomic mass is 19.4. The summed E-state index contributed by atoms with van der Waals surface area (Å²) in [6.07, 6.45) is -2.69. The van der Waals surface area contributed by atoms with Crippen molar-refractivity contribution in [3.05, 3.63) is 57.0 Å². The minimum atomic E-state index is -4.59. The molecular weight excluding hydrogens is 495 g/mol. The number of imidazole rings is 1. The predicted octanol–water partition coefficient (Wildman–Crippen LogP) is 0.626. The predicted molar refractivity (Wildman–Crippen MR) is 128 cm³/mol. The molecule has 1 saturated heterocycles. The van der Waals surface area contributed by atoms with Crippen LogP contribution < -0.4 is 16.6 Å². The molecule has 1 aromatic carbocycles. The van der Waals surface area contributed by atoms with E-state index in [0.29, 0.717) is 32.6 Å². The number of carbonyl (C=O) groups excluding carboxylic acids is 2. The lowest BCUT2D eigenvalue weighted by Gasteiger charge is -2.22. The average Bonchev–Trinajstić information content (AvgIpc) is 3.11. The maximum atomic E-state index is 13.2. The molecule has 1 fully saturated rings. The van der Waals surface area contributed by atoms with Crippen molar-refractivity contribution in [2.24, 2.45) is 14.1 Å². The standard InChI is InChI=1S/C23H26F3N7O4/c1-29-20-19(21(36)30(2)22(29)37)33(14-27-20)13-18(35)32-9-5-8-31(10-11-32)12-17(34)28-16-7-4-3-6-15(16)23(24,25)26/h3-4,6-7,14H,5,8-13H2,1-2H3,(H,28,34). The van der Waals surface area contributed by atoms with Crippen molar-refractivity contribution >= 4 is 28.7 Å². The Bertz CT molecular complexity index is 1460. The molecule has 2 amide bonds. The molecule has 198 valence electrons. The van der Waals surface area contributed by atoms with Gasteiger partial charge in [-0.15, -0.1) is 0 Å². The minimum absolute atomic E-state index is 0.121. The molecule has 3 heterocycles. The van der Waals surface area contributed by atoms with Crippen LogP contribution in [0.15, 0.2) is 40.2 Å². The van der Waals surface area contributed by atoms with Gasteiger partial charge in [0.1, 0.15) is 6.54 Å². The summed E-state index contributed by atoms with van der Waals surface area (Å²) in [6.45, 7) is 1.27. The summed E-state index contributed by atoms with van der Waals surface area (Å²) < 4.78 is 43.2. The fraction of sp³-hybridized carbons (Fsp3) is 0.435. The van der Waals surface area contributed by atoms with Crippen LogP contribution in [0.4, 0.5) is 18.9 Å². The number of hydrogen-bond acceptors (Lipinski definition) is 6. The van der Waals surface area contributed by atoms with E-state index in [0.717, 1.165) is 10.6 Å². The first-order chi connectivity index (χ1) is 17.5. The molecule has 2 aromatic heterocycles. The Kier molecular flexibility index (Phi) is 7.21. The zero-order chi connectivity index (χ0) is 26.9. The molecule has 1 aliphatic heterocycles. The number of aryl methyl sites for hydroxylation is 1. The summed E-state index contributed by atoms with van der Waals surface area (Å²) in [5.74, 6) is -0.844. The highest BCUT2D eigenvalue weighted by molar-refractivity contribution is 5.93. The van der Waals surface area contributed by atoms with E-state index in [1.54, 1.807) is 9.80 Å². The smallest absolute Gasteiger partial charge is 0.340 e. The molecule has 1 N–H and O–H groups in total. The van der Waals surface area contributed by atoms with Crippen LogP contribution in [0.5, 0.6) is 0 Å². The maximum absolute atomic E-state index is 13.2. The molecule has 4 rings (SSSR count). The number of hydrogen-bond donors (Lipinski definition) is 1. The third-order valence-corrected chi connectivity index (χ3v) is 6.34. The van der Waals surface area contributed by atoms with Gasteiger partial charge in [0.25, 0.3) is 5.56 Å². The molecule has 0 saturated carbocycles. The second-order valence-corrected chi connectivity index (χ2v) is 8.85. The quantitative estimate of drug-likeness (QED) is 0.527. The zero-order valence-electron chi connectivity index (χ0n) is 20.3. The second-order valence-electron chi connectivity index (χ2n) is 8.85. The molecule has 0 atom stereocenters. The van der Waals surface area contributed by atoms with Crippen LogP contribution in [0.25, 0.3) is 11.2 Å². The first-order valence-corrected chi connectivity index (χ1v) is 11.5. The lowest BCUT2D eigenvalue weighted by Crippen LogP contribution is -2.40. The van der Waals surface area contributed by atoms with Gasteiger partial charge in [-0.2, -0.15) is 13.2 Å². The van der Waals surface area contributed by atoms with Gasteiger partial charge in [0.2, 0.25) is 11.8 Å². The normalized spacial score (nSPS) is 15.1. The van der Waals surface area contributed by atoms with Crippen molar-refractivity contribution < 1.29 is 22.8 Å². The van der Waals surface area contributed by atoms with E-state index in [2.05, 4.69) is 10.3 Å². The molecule has 1 aliphatic rings. The van der Waals surface area contributed by atoms with Gasteiger partial charge in [0.15, 0.2) is 11.2 Å². The summed E-state index contributed by atoms with van der Waals surface area (Å²) in [5, 5.41) is 2.34. The van der Waals surface area contributed by atoms with E-state index in [9.17, 15) is 32.3 Å². The van der Waals surface area contributed by atoms with Crippen molar-refractivity contribution in [2.45, 2.75) is 19.1 Å². The monoisotopic (exact) mass is 521 g/mol. The number of aromatic nitrogens is 4. The number of nitrogens with zero attached hydrogens (tertiary/aromatic N) is 6. The van der Waals surface area contributed by atoms with Gasteiger partial charge in [-0.1, -0.05) is 12.1 Å². The van der Waals surface area contributed by atoms with Crippen molar-refractivity contribution in [1.29, 1.82) is 0 Å². The fourth-order valence-electron chi connectivity index (χ4n) is 4.37. The van der Waals surface area contributed by atoms with Crippen LogP contribution in [0.1, 0.15) is 12.0 Å². The van der Waals surface area contributed by atoms with Crippen LogP contribution in [0.3, 0.4) is 0 Å². The number of alkyl halides is 3. The summed E-state index contributed by atoms with van der Waals surface area (Å²) in [6, 6.07) is 4.78. The van der Waals surface area contributed by atoms with Crippen molar-refractivity contribution in [3.8, 4) is 0 Å². The van der Waals surface area contributed by atoms with Crippen molar-refractivity contribution in [1.82, 2.24) is 28.5 Å². The number of amides is 2. The van der Waals surface area contributed by atoms with Crippen LogP contribution in [-0.2, 0) is 36.4 Å². The van der Waals surface area contributed by atoms with E-state index in [1.807, 2.05) is 0 Å². The van der Waals surface area contributed by atoms with Crippen LogP contribution in [0, 0.1) is 0 Å². The molecule has 0 spiro atoms. The highest BCUT2D eigenvalue weighted by Crippen LogP contribution is 2.34. The molecule has 0 radical (unpaired) electrons. The second kappa shape index (κ2) is 10.2. The van der Waals surface area contributed by atoms with Gasteiger partial charge in [0, 0.05) is 40.3 Å². The minimum Gasteiger partial charge on any atom is -0.340 e. The SMILES string of the molecule is Cn1c(=O)c2c(ncn2CC(=O)N2CCCN(CC(=O)Nc3ccccc3C(F)(F)F)CC2)n(C)c1=O. The fourth-order valence-corrected chi connectivity index (χ4v) is 4.37. The van der Waals surface area contributed by atoms with Crippen molar-refractivity contribution in [2.75, 3.05) is 38.0 Å². The van der Waals surface area contributed by atoms with Gasteiger partial charge >= 0.3 is 11.9 Å². The third kappa shape index (κ3) is 5.43. The summed E-state index contributed by atoms with van der Waals surface area (Å²) in [4.78, 5) is 57.7. The van der Waals surface area contributed by atoms with E-state index in [1.165, 1.54) is 47.8 Å². The summed E-state index contributed by atoms with van der Waals surface area (Å²) >= 11 is 0. The maximum Gasteiger partial charge on any atom is 0.418 e. The molecule has 0 unspecified atom stereocenters. The number of fused-ring (bicyclic) bond motifs is 1. The Morgan fingerprint density at radius 1 is 1.00 bits per heavy atom. The number of benzene rings is 1. The molecule has 0 bridgehead atoms. The van der Waals surface area contributed by atoms with E-state index in [4.69, 9.17) is 0 Å². The van der Waals surface area contributed by atoms with Crippen LogP contribution in [-0.4, -0.2) is 73.0 Å². The molecule has 37 heavy (non-hydrogen) atoms. The average molecular weight is 522 g/mol. The molecule has 11 nitrogen and oxygen atoms in total. The highest BCUT2D eigenvalue weighted by Gasteiger charge is 2.33. The van der Waals surface area contributed by atoms with Gasteiger partial charge < -0.3 is 14.8 Å². The number of halogens is 3. The van der Waals surface area contributed by atoms with Crippen LogP contribution >= 0.6 is 0 Å². The Hall–Kier alpha value is -3.94. The van der Waals surface area contributed by atoms with Gasteiger partial charge in [0.05, 0.1) is 24.1 Å². The zero-order valence-corrected chi connectivity index (χ0v) is 20.3. The lowest BCUT2D eigenvalue weighted by molar-refractivity contribution is -0.137. The van der Waals surface area contributed by atoms with E-state index in [-0.39, 0.29) is 35.8 Å². The van der Waals surface area contributed by atoms with Gasteiger partial charge in [-0.3, -0.25) is 28.4 Å². The number of rotatable bonds is 5. The van der Waals surface area contributed by atoms with Crippen molar-refractivity contribution in [3.63, 3.8) is 0 Å². The first-order valence-electron chi connectivity index (χ1n) is 11.5. The Labute approximate surface area is 208 Å². The number of carbonyl (C=O) groups is 2. The number of nitrogens with one attached hydrogen (secondary N) is 1. The molecule has 14 heteroatoms. The number of para-hydroxylation sites is 1. The number of anilines is 1. The Morgan fingerprint density at radius 3 is 2.46 bits per heavy atom. The van der Waals surface area contributed by atoms with Gasteiger partial charge in [-0.05, 0) is 18.6 Å². The van der Waals surface area contributed by atoms with E-state index < -0.39 is 28.9 Å². The van der Waals surface area contributed by atoms with E-state index >= 15 is 0 Å². The molecule has 0 aliphatic carbocycles.